The average molecular weight is 533 g/mol. The Hall–Kier alpha value is -4.55. The predicted octanol–water partition coefficient (Wildman–Crippen LogP) is 3.25. The summed E-state index contributed by atoms with van der Waals surface area (Å²) in [6.45, 7) is 0.633. The first-order valence-electron chi connectivity index (χ1n) is 10.4. The molecule has 0 aliphatic heterocycles. The van der Waals surface area contributed by atoms with Crippen LogP contribution in [0.1, 0.15) is 28.4 Å². The van der Waals surface area contributed by atoms with Gasteiger partial charge in [0.15, 0.2) is 16.4 Å². The molecule has 2 aromatic carbocycles. The summed E-state index contributed by atoms with van der Waals surface area (Å²) in [6.07, 6.45) is 1.15. The Morgan fingerprint density at radius 1 is 1.05 bits per heavy atom. The van der Waals surface area contributed by atoms with E-state index in [2.05, 4.69) is 20.1 Å². The van der Waals surface area contributed by atoms with Crippen LogP contribution in [0.25, 0.3) is 16.5 Å². The highest BCUT2D eigenvalue weighted by atomic mass is 32.2. The second kappa shape index (κ2) is 13.0. The Bertz CT molecular complexity index is 1380. The van der Waals surface area contributed by atoms with E-state index >= 15 is 0 Å². The predicted molar refractivity (Wildman–Crippen MR) is 133 cm³/mol. The van der Waals surface area contributed by atoms with E-state index in [1.54, 1.807) is 0 Å². The maximum Gasteiger partial charge on any atom is 0.303 e. The molecule has 0 atom stereocenters. The number of nitrogens with one attached hydrogen (secondary N) is 1. The van der Waals surface area contributed by atoms with E-state index in [9.17, 15) is 22.8 Å². The molecule has 2 amide bonds. The van der Waals surface area contributed by atoms with Gasteiger partial charge in [-0.1, -0.05) is 6.07 Å². The van der Waals surface area contributed by atoms with Crippen LogP contribution in [0.4, 0.5) is 5.69 Å². The molecule has 14 heteroatoms. The van der Waals surface area contributed by atoms with E-state index < -0.39 is 40.0 Å². The molecule has 0 aliphatic rings. The van der Waals surface area contributed by atoms with Gasteiger partial charge in [-0.2, -0.15) is 0 Å². The molecule has 196 valence electrons. The number of hydrogen-bond donors (Lipinski definition) is 1. The van der Waals surface area contributed by atoms with Crippen LogP contribution in [-0.4, -0.2) is 54.1 Å². The summed E-state index contributed by atoms with van der Waals surface area (Å²) in [4.78, 5) is 37.7. The maximum atomic E-state index is 12.9. The molecule has 0 aromatic heterocycles. The first kappa shape index (κ1) is 28.7. The van der Waals surface area contributed by atoms with Crippen LogP contribution in [-0.2, 0) is 29.9 Å². The Morgan fingerprint density at radius 2 is 1.76 bits per heavy atom. The third-order valence-corrected chi connectivity index (χ3v) is 5.98. The molecule has 37 heavy (non-hydrogen) atoms. The SMILES string of the molecule is COc1cc(OC)c(/C=C/S(=O)(=O)Cc2ccc(OC)c(NC(=O)COC(C)=O)c2)c(C(=O)N=[N+]=[N-])c1. The molecule has 2 rings (SSSR count). The zero-order valence-electron chi connectivity index (χ0n) is 20.4. The lowest BCUT2D eigenvalue weighted by molar-refractivity contribution is -0.144. The van der Waals surface area contributed by atoms with Gasteiger partial charge in [0.25, 0.3) is 5.91 Å². The normalized spacial score (nSPS) is 10.8. The fourth-order valence-electron chi connectivity index (χ4n) is 3.08. The van der Waals surface area contributed by atoms with Gasteiger partial charge in [0, 0.05) is 34.4 Å². The van der Waals surface area contributed by atoms with Gasteiger partial charge < -0.3 is 24.3 Å². The Morgan fingerprint density at radius 3 is 2.35 bits per heavy atom. The van der Waals surface area contributed by atoms with Crippen molar-refractivity contribution < 1.29 is 41.7 Å². The fraction of sp³-hybridized carbons (Fsp3) is 0.261. The zero-order valence-corrected chi connectivity index (χ0v) is 21.2. The number of carbonyl (C=O) groups excluding carboxylic acids is 3. The number of amides is 2. The molecule has 0 aliphatic carbocycles. The van der Waals surface area contributed by atoms with Gasteiger partial charge in [-0.3, -0.25) is 14.4 Å². The van der Waals surface area contributed by atoms with Crippen LogP contribution in [0, 0.1) is 0 Å². The summed E-state index contributed by atoms with van der Waals surface area (Å²) in [7, 11) is 0.125. The van der Waals surface area contributed by atoms with Crippen molar-refractivity contribution in [2.75, 3.05) is 33.3 Å². The molecule has 13 nitrogen and oxygen atoms in total. The van der Waals surface area contributed by atoms with Crippen LogP contribution in [0.5, 0.6) is 17.2 Å². The highest BCUT2D eigenvalue weighted by Crippen LogP contribution is 2.31. The van der Waals surface area contributed by atoms with Crippen LogP contribution in [0.3, 0.4) is 0 Å². The van der Waals surface area contributed by atoms with Crippen molar-refractivity contribution in [1.82, 2.24) is 0 Å². The summed E-state index contributed by atoms with van der Waals surface area (Å²) >= 11 is 0. The van der Waals surface area contributed by atoms with E-state index in [4.69, 9.17) is 19.7 Å². The van der Waals surface area contributed by atoms with Crippen LogP contribution in [0.15, 0.2) is 40.9 Å². The fourth-order valence-corrected chi connectivity index (χ4v) is 4.16. The first-order valence-corrected chi connectivity index (χ1v) is 12.1. The van der Waals surface area contributed by atoms with E-state index in [0.717, 1.165) is 18.4 Å². The monoisotopic (exact) mass is 532 g/mol. The molecule has 0 spiro atoms. The lowest BCUT2D eigenvalue weighted by Gasteiger charge is -2.12. The first-order chi connectivity index (χ1) is 17.5. The third kappa shape index (κ3) is 8.26. The highest BCUT2D eigenvalue weighted by molar-refractivity contribution is 7.93. The van der Waals surface area contributed by atoms with Crippen LogP contribution < -0.4 is 19.5 Å². The summed E-state index contributed by atoms with van der Waals surface area (Å²) in [5, 5.41) is 6.45. The summed E-state index contributed by atoms with van der Waals surface area (Å²) < 4.78 is 45.9. The molecular formula is C23H24N4O9S. The van der Waals surface area contributed by atoms with Gasteiger partial charge in [0.2, 0.25) is 5.91 Å². The average Bonchev–Trinajstić information content (AvgIpc) is 2.85. The van der Waals surface area contributed by atoms with Crippen molar-refractivity contribution in [3.8, 4) is 17.2 Å². The van der Waals surface area contributed by atoms with Crippen molar-refractivity contribution in [3.05, 3.63) is 62.9 Å². The Labute approximate surface area is 212 Å². The van der Waals surface area contributed by atoms with Crippen molar-refractivity contribution in [2.45, 2.75) is 12.7 Å². The van der Waals surface area contributed by atoms with Gasteiger partial charge in [-0.25, -0.2) is 8.42 Å². The second-order valence-electron chi connectivity index (χ2n) is 7.26. The number of anilines is 1. The lowest BCUT2D eigenvalue weighted by atomic mass is 10.1. The van der Waals surface area contributed by atoms with Crippen molar-refractivity contribution in [1.29, 1.82) is 0 Å². The number of ether oxygens (including phenoxy) is 4. The number of nitrogens with zero attached hydrogens (tertiary/aromatic N) is 3. The number of carbonyl (C=O) groups is 3. The molecular weight excluding hydrogens is 508 g/mol. The quantitative estimate of drug-likeness (QED) is 0.196. The molecule has 0 fully saturated rings. The molecule has 0 saturated heterocycles. The van der Waals surface area contributed by atoms with E-state index in [-0.39, 0.29) is 34.1 Å². The van der Waals surface area contributed by atoms with E-state index in [1.807, 2.05) is 0 Å². The summed E-state index contributed by atoms with van der Waals surface area (Å²) in [5.74, 6) is -2.10. The lowest BCUT2D eigenvalue weighted by Crippen LogP contribution is -2.20. The minimum Gasteiger partial charge on any atom is -0.497 e. The number of benzene rings is 2. The summed E-state index contributed by atoms with van der Waals surface area (Å²) in [6, 6.07) is 7.10. The van der Waals surface area contributed by atoms with Crippen molar-refractivity contribution in [3.63, 3.8) is 0 Å². The minimum absolute atomic E-state index is 0.0671. The second-order valence-corrected chi connectivity index (χ2v) is 9.15. The molecule has 1 N–H and O–H groups in total. The maximum absolute atomic E-state index is 12.9. The third-order valence-electron chi connectivity index (χ3n) is 4.69. The number of azide groups is 1. The number of hydrogen-bond acceptors (Lipinski definition) is 9. The van der Waals surface area contributed by atoms with Gasteiger partial charge in [-0.15, -0.1) is 0 Å². The molecule has 2 aromatic rings. The highest BCUT2D eigenvalue weighted by Gasteiger charge is 2.18. The number of methoxy groups -OCH3 is 3. The zero-order chi connectivity index (χ0) is 27.6. The number of esters is 1. The number of rotatable bonds is 11. The molecule has 0 heterocycles. The van der Waals surface area contributed by atoms with Gasteiger partial charge in [-0.05, 0) is 40.5 Å². The van der Waals surface area contributed by atoms with Gasteiger partial charge in [0.1, 0.15) is 17.2 Å². The Kier molecular flexibility index (Phi) is 10.0. The number of sulfone groups is 1. The molecule has 0 unspecified atom stereocenters. The van der Waals surface area contributed by atoms with Crippen LogP contribution in [0.2, 0.25) is 0 Å². The molecule has 0 bridgehead atoms. The van der Waals surface area contributed by atoms with Gasteiger partial charge >= 0.3 is 5.97 Å². The van der Waals surface area contributed by atoms with Gasteiger partial charge in [0.05, 0.1) is 32.8 Å². The standard InChI is InChI=1S/C23H24N4O9S/c1-14(28)36-12-22(29)25-19-9-15(5-6-20(19)34-3)13-37(31,32)8-7-17-18(23(30)26-27-24)10-16(33-2)11-21(17)35-4/h5-11H,12-13H2,1-4H3,(H,25,29)/b8-7+. The van der Waals surface area contributed by atoms with E-state index in [0.29, 0.717) is 5.56 Å². The van der Waals surface area contributed by atoms with Crippen molar-refractivity contribution in [2.24, 2.45) is 5.11 Å². The van der Waals surface area contributed by atoms with Crippen LogP contribution >= 0.6 is 0 Å². The van der Waals surface area contributed by atoms with Crippen molar-refractivity contribution >= 4 is 39.4 Å². The molecule has 0 radical (unpaired) electrons. The summed E-state index contributed by atoms with van der Waals surface area (Å²) in [5.41, 5.74) is 9.06. The van der Waals surface area contributed by atoms with E-state index in [1.165, 1.54) is 51.7 Å². The largest absolute Gasteiger partial charge is 0.497 e. The topological polar surface area (TPSA) is 183 Å². The smallest absolute Gasteiger partial charge is 0.303 e. The Balaban J connectivity index is 2.37. The molecule has 0 saturated carbocycles. The minimum atomic E-state index is -3.92.